The second-order valence-corrected chi connectivity index (χ2v) is 6.80. The first-order valence-electron chi connectivity index (χ1n) is 7.11. The van der Waals surface area contributed by atoms with E-state index >= 15 is 0 Å². The van der Waals surface area contributed by atoms with E-state index in [9.17, 15) is 4.79 Å². The SMILES string of the molecule is CSc1cc(-c2ccc(-c3ccc(Br)cc3)cc2)oc(=O)c1C#N. The van der Waals surface area contributed by atoms with E-state index in [0.717, 1.165) is 21.2 Å². The van der Waals surface area contributed by atoms with Crippen molar-refractivity contribution in [3.63, 3.8) is 0 Å². The molecule has 0 aliphatic rings. The van der Waals surface area contributed by atoms with Crippen molar-refractivity contribution >= 4 is 27.7 Å². The van der Waals surface area contributed by atoms with Crippen LogP contribution in [0.3, 0.4) is 0 Å². The van der Waals surface area contributed by atoms with Crippen LogP contribution in [0.25, 0.3) is 22.5 Å². The quantitative estimate of drug-likeness (QED) is 0.560. The summed E-state index contributed by atoms with van der Waals surface area (Å²) in [6, 6.07) is 19.5. The van der Waals surface area contributed by atoms with Crippen molar-refractivity contribution in [3.05, 3.63) is 75.1 Å². The Morgan fingerprint density at radius 1 is 1.00 bits per heavy atom. The van der Waals surface area contributed by atoms with Crippen molar-refractivity contribution in [2.75, 3.05) is 6.26 Å². The van der Waals surface area contributed by atoms with Gasteiger partial charge in [0, 0.05) is 14.9 Å². The van der Waals surface area contributed by atoms with Gasteiger partial charge < -0.3 is 4.42 Å². The van der Waals surface area contributed by atoms with Crippen LogP contribution in [0.1, 0.15) is 5.56 Å². The van der Waals surface area contributed by atoms with Gasteiger partial charge in [-0.2, -0.15) is 5.26 Å². The fourth-order valence-corrected chi connectivity index (χ4v) is 3.17. The number of hydrogen-bond acceptors (Lipinski definition) is 4. The Balaban J connectivity index is 2.00. The van der Waals surface area contributed by atoms with E-state index in [1.807, 2.05) is 60.9 Å². The third-order valence-electron chi connectivity index (χ3n) is 3.59. The summed E-state index contributed by atoms with van der Waals surface area (Å²) in [5.74, 6) is 0.464. The van der Waals surface area contributed by atoms with Crippen molar-refractivity contribution in [1.29, 1.82) is 5.26 Å². The zero-order chi connectivity index (χ0) is 17.1. The third kappa shape index (κ3) is 3.30. The molecule has 0 unspecified atom stereocenters. The first-order chi connectivity index (χ1) is 11.6. The van der Waals surface area contributed by atoms with E-state index in [-0.39, 0.29) is 5.56 Å². The second-order valence-electron chi connectivity index (χ2n) is 5.04. The summed E-state index contributed by atoms with van der Waals surface area (Å²) in [4.78, 5) is 12.6. The minimum Gasteiger partial charge on any atom is -0.422 e. The average Bonchev–Trinajstić information content (AvgIpc) is 2.61. The summed E-state index contributed by atoms with van der Waals surface area (Å²) >= 11 is 4.78. The lowest BCUT2D eigenvalue weighted by Gasteiger charge is -2.06. The summed E-state index contributed by atoms with van der Waals surface area (Å²) in [5.41, 5.74) is 2.44. The molecule has 0 saturated heterocycles. The van der Waals surface area contributed by atoms with Gasteiger partial charge in [-0.15, -0.1) is 11.8 Å². The number of nitrogens with zero attached hydrogens (tertiary/aromatic N) is 1. The van der Waals surface area contributed by atoms with Crippen molar-refractivity contribution in [1.82, 2.24) is 0 Å². The highest BCUT2D eigenvalue weighted by atomic mass is 79.9. The van der Waals surface area contributed by atoms with Crippen molar-refractivity contribution in [2.45, 2.75) is 4.90 Å². The second kappa shape index (κ2) is 7.08. The molecule has 0 aliphatic carbocycles. The van der Waals surface area contributed by atoms with E-state index < -0.39 is 5.63 Å². The Morgan fingerprint density at radius 3 is 2.08 bits per heavy atom. The molecule has 2 aromatic carbocycles. The van der Waals surface area contributed by atoms with E-state index in [1.54, 1.807) is 6.07 Å². The molecule has 0 fully saturated rings. The third-order valence-corrected chi connectivity index (χ3v) is 4.88. The molecule has 0 radical (unpaired) electrons. The van der Waals surface area contributed by atoms with E-state index in [1.165, 1.54) is 11.8 Å². The fraction of sp³-hybridized carbons (Fsp3) is 0.0526. The van der Waals surface area contributed by atoms with Gasteiger partial charge in [0.1, 0.15) is 11.8 Å². The standard InChI is InChI=1S/C19H12BrNO2S/c1-24-18-10-17(23-19(22)16(18)11-21)14-4-2-12(3-5-14)13-6-8-15(20)9-7-13/h2-10H,1H3. The maximum absolute atomic E-state index is 11.9. The van der Waals surface area contributed by atoms with Crippen LogP contribution >= 0.6 is 27.7 Å². The maximum Gasteiger partial charge on any atom is 0.355 e. The molecule has 1 aromatic heterocycles. The maximum atomic E-state index is 11.9. The summed E-state index contributed by atoms with van der Waals surface area (Å²) in [6.07, 6.45) is 1.83. The Bertz CT molecular complexity index is 970. The molecule has 3 rings (SSSR count). The van der Waals surface area contributed by atoms with Crippen LogP contribution in [0.5, 0.6) is 0 Å². The summed E-state index contributed by atoms with van der Waals surface area (Å²) < 4.78 is 6.33. The van der Waals surface area contributed by atoms with Gasteiger partial charge in [-0.25, -0.2) is 4.79 Å². The molecule has 0 aliphatic heterocycles. The monoisotopic (exact) mass is 397 g/mol. The summed E-state index contributed by atoms with van der Waals surface area (Å²) in [5, 5.41) is 9.05. The van der Waals surface area contributed by atoms with E-state index in [2.05, 4.69) is 15.9 Å². The molecule has 0 N–H and O–H groups in total. The number of halogens is 1. The molecule has 1 heterocycles. The highest BCUT2D eigenvalue weighted by Crippen LogP contribution is 2.28. The van der Waals surface area contributed by atoms with Gasteiger partial charge in [-0.1, -0.05) is 52.3 Å². The molecule has 0 spiro atoms. The normalized spacial score (nSPS) is 10.4. The van der Waals surface area contributed by atoms with Crippen LogP contribution in [-0.4, -0.2) is 6.26 Å². The Kier molecular flexibility index (Phi) is 4.89. The molecule has 0 bridgehead atoms. The number of rotatable bonds is 3. The zero-order valence-electron chi connectivity index (χ0n) is 12.7. The molecule has 0 atom stereocenters. The van der Waals surface area contributed by atoms with Crippen molar-refractivity contribution < 1.29 is 4.42 Å². The van der Waals surface area contributed by atoms with Crippen molar-refractivity contribution in [3.8, 4) is 28.5 Å². The first kappa shape index (κ1) is 16.6. The number of benzene rings is 2. The molecule has 24 heavy (non-hydrogen) atoms. The lowest BCUT2D eigenvalue weighted by atomic mass is 10.0. The lowest BCUT2D eigenvalue weighted by Crippen LogP contribution is -2.06. The summed E-state index contributed by atoms with van der Waals surface area (Å²) in [6.45, 7) is 0. The van der Waals surface area contributed by atoms with Crippen LogP contribution in [0.15, 0.2) is 73.2 Å². The van der Waals surface area contributed by atoms with E-state index in [4.69, 9.17) is 9.68 Å². The van der Waals surface area contributed by atoms with Crippen LogP contribution in [0, 0.1) is 11.3 Å². The number of hydrogen-bond donors (Lipinski definition) is 0. The Morgan fingerprint density at radius 2 is 1.54 bits per heavy atom. The smallest absolute Gasteiger partial charge is 0.355 e. The summed E-state index contributed by atoms with van der Waals surface area (Å²) in [7, 11) is 0. The molecule has 118 valence electrons. The molecule has 3 nitrogen and oxygen atoms in total. The van der Waals surface area contributed by atoms with Gasteiger partial charge in [0.2, 0.25) is 0 Å². The van der Waals surface area contributed by atoms with Gasteiger partial charge in [0.15, 0.2) is 5.56 Å². The highest BCUT2D eigenvalue weighted by molar-refractivity contribution is 9.10. The van der Waals surface area contributed by atoms with Gasteiger partial charge >= 0.3 is 5.63 Å². The predicted molar refractivity (Wildman–Crippen MR) is 100 cm³/mol. The molecule has 3 aromatic rings. The van der Waals surface area contributed by atoms with Gasteiger partial charge in [-0.05, 0) is 35.6 Å². The largest absolute Gasteiger partial charge is 0.422 e. The molecular formula is C19H12BrNO2S. The van der Waals surface area contributed by atoms with Crippen LogP contribution in [0.2, 0.25) is 0 Å². The Labute approximate surface area is 152 Å². The fourth-order valence-electron chi connectivity index (χ4n) is 2.35. The zero-order valence-corrected chi connectivity index (χ0v) is 15.1. The number of nitriles is 1. The first-order valence-corrected chi connectivity index (χ1v) is 9.13. The van der Waals surface area contributed by atoms with Crippen LogP contribution in [0.4, 0.5) is 0 Å². The molecule has 0 amide bonds. The van der Waals surface area contributed by atoms with Crippen molar-refractivity contribution in [2.24, 2.45) is 0 Å². The average molecular weight is 398 g/mol. The molecule has 0 saturated carbocycles. The van der Waals surface area contributed by atoms with E-state index in [0.29, 0.717) is 10.7 Å². The lowest BCUT2D eigenvalue weighted by molar-refractivity contribution is 0.518. The van der Waals surface area contributed by atoms with Gasteiger partial charge in [0.25, 0.3) is 0 Å². The van der Waals surface area contributed by atoms with Gasteiger partial charge in [0.05, 0.1) is 0 Å². The van der Waals surface area contributed by atoms with Crippen LogP contribution < -0.4 is 5.63 Å². The molecule has 5 heteroatoms. The highest BCUT2D eigenvalue weighted by Gasteiger charge is 2.12. The predicted octanol–water partition coefficient (Wildman–Crippen LogP) is 5.33. The molecular weight excluding hydrogens is 386 g/mol. The van der Waals surface area contributed by atoms with Gasteiger partial charge in [-0.3, -0.25) is 0 Å². The van der Waals surface area contributed by atoms with Crippen LogP contribution in [-0.2, 0) is 0 Å². The number of thioether (sulfide) groups is 1. The minimum absolute atomic E-state index is 0.0535. The topological polar surface area (TPSA) is 54.0 Å². The Hall–Kier alpha value is -2.29. The minimum atomic E-state index is -0.601.